The molecule has 1 fully saturated rings. The lowest BCUT2D eigenvalue weighted by atomic mass is 10.4. The van der Waals surface area contributed by atoms with Gasteiger partial charge in [-0.2, -0.15) is 18.2 Å². The number of nitrogens with zero attached hydrogens (tertiary/aromatic N) is 5. The molecule has 0 unspecified atom stereocenters. The van der Waals surface area contributed by atoms with E-state index in [-0.39, 0.29) is 17.7 Å². The van der Waals surface area contributed by atoms with Crippen molar-refractivity contribution >= 4 is 35.0 Å². The van der Waals surface area contributed by atoms with Crippen LogP contribution in [0.1, 0.15) is 6.92 Å². The second-order valence-electron chi connectivity index (χ2n) is 7.55. The van der Waals surface area contributed by atoms with Crippen LogP contribution in [0.2, 0.25) is 0 Å². The monoisotopic (exact) mass is 546 g/mol. The number of hydrogen-bond acceptors (Lipinski definition) is 10. The van der Waals surface area contributed by atoms with Crippen molar-refractivity contribution in [2.45, 2.75) is 32.7 Å². The highest BCUT2D eigenvalue weighted by Crippen LogP contribution is 2.20. The average molecular weight is 546 g/mol. The van der Waals surface area contributed by atoms with E-state index in [0.717, 1.165) is 29.3 Å². The van der Waals surface area contributed by atoms with E-state index in [1.165, 1.54) is 7.11 Å². The molecule has 0 saturated carbocycles. The summed E-state index contributed by atoms with van der Waals surface area (Å²) in [6.45, 7) is 3.49. The molecule has 0 spiro atoms. The molecule has 0 aromatic carbocycles. The van der Waals surface area contributed by atoms with Crippen LogP contribution in [0.5, 0.6) is 0 Å². The molecule has 0 radical (unpaired) electrons. The van der Waals surface area contributed by atoms with Gasteiger partial charge in [0.15, 0.2) is 11.2 Å². The molecule has 1 aliphatic rings. The molecule has 3 heterocycles. The Balaban J connectivity index is 0.000000638. The number of carboxylic acids is 1. The zero-order valence-corrected chi connectivity index (χ0v) is 20.6. The third-order valence-corrected chi connectivity index (χ3v) is 5.18. The van der Waals surface area contributed by atoms with Gasteiger partial charge < -0.3 is 24.8 Å². The average Bonchev–Trinajstić information content (AvgIpc) is 3.27. The first-order valence-corrected chi connectivity index (χ1v) is 10.9. The lowest BCUT2D eigenvalue weighted by Gasteiger charge is -2.28. The van der Waals surface area contributed by atoms with E-state index >= 15 is 0 Å². The summed E-state index contributed by atoms with van der Waals surface area (Å²) >= 11 is 0. The Kier molecular flexibility index (Phi) is 10.0. The zero-order valence-electron chi connectivity index (χ0n) is 20.6. The molecule has 208 valence electrons. The molecular formula is C21H25F3N6O8. The predicted molar refractivity (Wildman–Crippen MR) is 125 cm³/mol. The number of rotatable bonds is 6. The Morgan fingerprint density at radius 1 is 1.03 bits per heavy atom. The summed E-state index contributed by atoms with van der Waals surface area (Å²) < 4.78 is 44.4. The normalized spacial score (nSPS) is 13.2. The van der Waals surface area contributed by atoms with E-state index in [0.29, 0.717) is 19.0 Å². The smallest absolute Gasteiger partial charge is 0.475 e. The number of ether oxygens (including phenoxy) is 2. The summed E-state index contributed by atoms with van der Waals surface area (Å²) in [4.78, 5) is 65.6. The molecule has 3 rings (SSSR count). The molecule has 1 aliphatic heterocycles. The summed E-state index contributed by atoms with van der Waals surface area (Å²) in [5.74, 6) is 1.94. The fraction of sp³-hybridized carbons (Fsp3) is 0.524. The fourth-order valence-corrected chi connectivity index (χ4v) is 3.36. The van der Waals surface area contributed by atoms with Crippen molar-refractivity contribution in [1.29, 1.82) is 0 Å². The highest BCUT2D eigenvalue weighted by atomic mass is 19.4. The first kappa shape index (κ1) is 29.9. The number of methoxy groups -OCH3 is 2. The maximum Gasteiger partial charge on any atom is 0.490 e. The summed E-state index contributed by atoms with van der Waals surface area (Å²) in [5, 5.41) is 10.4. The van der Waals surface area contributed by atoms with E-state index in [1.54, 1.807) is 11.5 Å². The molecule has 0 amide bonds. The lowest BCUT2D eigenvalue weighted by molar-refractivity contribution is -0.192. The maximum atomic E-state index is 13.3. The number of aromatic nitrogens is 4. The second-order valence-corrected chi connectivity index (χ2v) is 7.55. The van der Waals surface area contributed by atoms with Crippen LogP contribution in [0.15, 0.2) is 9.59 Å². The van der Waals surface area contributed by atoms with Crippen molar-refractivity contribution in [2.24, 2.45) is 0 Å². The number of esters is 2. The van der Waals surface area contributed by atoms with Crippen LogP contribution in [-0.2, 0) is 43.5 Å². The number of aliphatic carboxylic acids is 1. The number of imidazole rings is 1. The Morgan fingerprint density at radius 2 is 1.55 bits per heavy atom. The van der Waals surface area contributed by atoms with Crippen molar-refractivity contribution in [3.63, 3.8) is 0 Å². The van der Waals surface area contributed by atoms with E-state index in [2.05, 4.69) is 26.9 Å². The number of carbonyl (C=O) groups excluding carboxylic acids is 2. The third kappa shape index (κ3) is 6.91. The SMILES string of the molecule is CC#CCn1c(N2CCNCC2)nc2c1c(=O)n(CC(=O)OC)c(=O)n2CC(=O)OC.O=C(O)C(F)(F)F. The summed E-state index contributed by atoms with van der Waals surface area (Å²) in [6, 6.07) is 0. The number of halogens is 3. The van der Waals surface area contributed by atoms with E-state index < -0.39 is 48.4 Å². The van der Waals surface area contributed by atoms with Gasteiger partial charge in [0.25, 0.3) is 5.56 Å². The first-order valence-electron chi connectivity index (χ1n) is 10.9. The van der Waals surface area contributed by atoms with Gasteiger partial charge in [-0.15, -0.1) is 5.92 Å². The molecule has 17 heteroatoms. The minimum atomic E-state index is -5.08. The molecule has 2 aromatic heterocycles. The maximum absolute atomic E-state index is 13.3. The minimum Gasteiger partial charge on any atom is -0.475 e. The third-order valence-electron chi connectivity index (χ3n) is 5.18. The van der Waals surface area contributed by atoms with Crippen LogP contribution in [-0.4, -0.2) is 88.3 Å². The molecule has 38 heavy (non-hydrogen) atoms. The largest absolute Gasteiger partial charge is 0.490 e. The number of carbonyl (C=O) groups is 3. The number of hydrogen-bond donors (Lipinski definition) is 2. The summed E-state index contributed by atoms with van der Waals surface area (Å²) in [6.07, 6.45) is -5.08. The lowest BCUT2D eigenvalue weighted by Crippen LogP contribution is -2.44. The quantitative estimate of drug-likeness (QED) is 0.329. The molecular weight excluding hydrogens is 521 g/mol. The molecule has 14 nitrogen and oxygen atoms in total. The molecule has 2 aromatic rings. The zero-order chi connectivity index (χ0) is 28.6. The Bertz CT molecular complexity index is 1380. The van der Waals surface area contributed by atoms with Crippen molar-refractivity contribution in [2.75, 3.05) is 45.3 Å². The minimum absolute atomic E-state index is 0.0351. The van der Waals surface area contributed by atoms with Gasteiger partial charge in [0, 0.05) is 26.2 Å². The number of nitrogens with one attached hydrogen (secondary N) is 1. The second kappa shape index (κ2) is 12.8. The Morgan fingerprint density at radius 3 is 2.03 bits per heavy atom. The van der Waals surface area contributed by atoms with Gasteiger partial charge in [0.05, 0.1) is 20.8 Å². The standard InChI is InChI=1S/C19H24N6O6.C2HF3O2/c1-4-5-8-23-15-16(21-18(23)22-9-6-20-7-10-22)24(11-13(26)30-2)19(29)25(17(15)28)12-14(27)31-3;3-2(4,5)1(6)7/h20H,6-12H2,1-3H3;(H,6,7). The molecule has 0 aliphatic carbocycles. The van der Waals surface area contributed by atoms with Gasteiger partial charge in [0.1, 0.15) is 13.1 Å². The van der Waals surface area contributed by atoms with Gasteiger partial charge in [-0.1, -0.05) is 5.92 Å². The summed E-state index contributed by atoms with van der Waals surface area (Å²) in [5.41, 5.74) is -1.46. The van der Waals surface area contributed by atoms with Crippen LogP contribution >= 0.6 is 0 Å². The predicted octanol–water partition coefficient (Wildman–Crippen LogP) is -1.23. The number of piperazine rings is 1. The van der Waals surface area contributed by atoms with Crippen LogP contribution in [0.4, 0.5) is 19.1 Å². The van der Waals surface area contributed by atoms with Crippen molar-refractivity contribution < 1.29 is 42.1 Å². The van der Waals surface area contributed by atoms with Crippen LogP contribution in [0.25, 0.3) is 11.2 Å². The van der Waals surface area contributed by atoms with Gasteiger partial charge in [-0.3, -0.25) is 23.5 Å². The van der Waals surface area contributed by atoms with Gasteiger partial charge in [0.2, 0.25) is 5.95 Å². The van der Waals surface area contributed by atoms with Crippen LogP contribution in [0, 0.1) is 11.8 Å². The van der Waals surface area contributed by atoms with Crippen LogP contribution < -0.4 is 21.5 Å². The Labute approximate surface area is 212 Å². The number of alkyl halides is 3. The highest BCUT2D eigenvalue weighted by Gasteiger charge is 2.38. The van der Waals surface area contributed by atoms with Crippen molar-refractivity contribution in [3.05, 3.63) is 20.8 Å². The Hall–Kier alpha value is -4.33. The molecule has 0 bridgehead atoms. The first-order chi connectivity index (χ1) is 17.9. The number of carboxylic acid groups (broad SMARTS) is 1. The van der Waals surface area contributed by atoms with Crippen molar-refractivity contribution in [3.8, 4) is 11.8 Å². The van der Waals surface area contributed by atoms with Gasteiger partial charge >= 0.3 is 29.8 Å². The van der Waals surface area contributed by atoms with E-state index in [4.69, 9.17) is 14.6 Å². The number of fused-ring (bicyclic) bond motifs is 1. The summed E-state index contributed by atoms with van der Waals surface area (Å²) in [7, 11) is 2.35. The highest BCUT2D eigenvalue weighted by molar-refractivity contribution is 5.78. The van der Waals surface area contributed by atoms with E-state index in [9.17, 15) is 32.3 Å². The topological polar surface area (TPSA) is 167 Å². The van der Waals surface area contributed by atoms with Gasteiger partial charge in [-0.25, -0.2) is 14.2 Å². The molecule has 2 N–H and O–H groups in total. The molecule has 0 atom stereocenters. The van der Waals surface area contributed by atoms with Crippen LogP contribution in [0.3, 0.4) is 0 Å². The fourth-order valence-electron chi connectivity index (χ4n) is 3.36. The molecule has 1 saturated heterocycles. The van der Waals surface area contributed by atoms with Gasteiger partial charge in [-0.05, 0) is 6.92 Å². The van der Waals surface area contributed by atoms with E-state index in [1.807, 2.05) is 4.90 Å². The van der Waals surface area contributed by atoms with Crippen molar-refractivity contribution in [1.82, 2.24) is 24.0 Å². The number of anilines is 1.